The molecule has 1 unspecified atom stereocenters. The smallest absolute Gasteiger partial charge is 0.306 e. The largest absolute Gasteiger partial charge is 0.462 e. The minimum absolute atomic E-state index is 0.0836. The lowest BCUT2D eigenvalue weighted by Gasteiger charge is -2.18. The normalized spacial score (nSPS) is 12.5. The van der Waals surface area contributed by atoms with Crippen LogP contribution >= 0.6 is 0 Å². The number of hydrogen-bond acceptors (Lipinski definition) is 6. The van der Waals surface area contributed by atoms with Gasteiger partial charge in [0.1, 0.15) is 13.2 Å². The van der Waals surface area contributed by atoms with E-state index in [0.717, 1.165) is 77.0 Å². The van der Waals surface area contributed by atoms with Crippen LogP contribution in [0.15, 0.2) is 60.8 Å². The maximum atomic E-state index is 12.8. The number of carbonyl (C=O) groups excluding carboxylic acids is 3. The minimum Gasteiger partial charge on any atom is -0.462 e. The molecule has 6 heteroatoms. The van der Waals surface area contributed by atoms with Gasteiger partial charge in [-0.15, -0.1) is 0 Å². The van der Waals surface area contributed by atoms with Crippen LogP contribution in [-0.4, -0.2) is 37.2 Å². The van der Waals surface area contributed by atoms with Crippen molar-refractivity contribution in [3.63, 3.8) is 0 Å². The highest BCUT2D eigenvalue weighted by Crippen LogP contribution is 2.15. The molecule has 364 valence electrons. The highest BCUT2D eigenvalue weighted by Gasteiger charge is 2.19. The molecule has 0 aromatic heterocycles. The van der Waals surface area contributed by atoms with Crippen LogP contribution in [-0.2, 0) is 28.6 Å². The quantitative estimate of drug-likeness (QED) is 0.0199. The van der Waals surface area contributed by atoms with E-state index in [-0.39, 0.29) is 31.1 Å². The molecule has 0 aliphatic carbocycles. The van der Waals surface area contributed by atoms with Crippen molar-refractivity contribution in [1.29, 1.82) is 0 Å². The topological polar surface area (TPSA) is 78.9 Å². The van der Waals surface area contributed by atoms with Crippen LogP contribution in [0.25, 0.3) is 0 Å². The fourth-order valence-corrected chi connectivity index (χ4v) is 7.48. The molecular formula is C57H100O6. The van der Waals surface area contributed by atoms with E-state index in [1.807, 2.05) is 0 Å². The van der Waals surface area contributed by atoms with Gasteiger partial charge in [-0.3, -0.25) is 14.4 Å². The van der Waals surface area contributed by atoms with Gasteiger partial charge in [-0.1, -0.05) is 223 Å². The van der Waals surface area contributed by atoms with Crippen LogP contribution in [0.1, 0.15) is 265 Å². The van der Waals surface area contributed by atoms with Gasteiger partial charge in [0.2, 0.25) is 0 Å². The molecule has 0 fully saturated rings. The summed E-state index contributed by atoms with van der Waals surface area (Å²) in [5.74, 6) is -0.905. The summed E-state index contributed by atoms with van der Waals surface area (Å²) in [5, 5.41) is 0. The molecule has 0 spiro atoms. The van der Waals surface area contributed by atoms with Crippen molar-refractivity contribution in [1.82, 2.24) is 0 Å². The van der Waals surface area contributed by atoms with E-state index in [2.05, 4.69) is 81.5 Å². The Hall–Kier alpha value is -2.89. The zero-order valence-electron chi connectivity index (χ0n) is 41.6. The van der Waals surface area contributed by atoms with E-state index >= 15 is 0 Å². The first-order valence-electron chi connectivity index (χ1n) is 26.8. The maximum absolute atomic E-state index is 12.8. The van der Waals surface area contributed by atoms with Gasteiger partial charge in [0.15, 0.2) is 6.10 Å². The molecule has 0 amide bonds. The SMILES string of the molecule is CC\C=C/C=C\C=C/CCCCCCCCCC(=O)OC(COC(=O)CCCCCCC/C=C\CCCC)COC(=O)CCCCCCCCC/C=C\CCCCCCCCCC. The van der Waals surface area contributed by atoms with Gasteiger partial charge in [-0.05, 0) is 83.5 Å². The van der Waals surface area contributed by atoms with E-state index < -0.39 is 6.10 Å². The standard InChI is InChI=1S/C57H100O6/c1-4-7-10-13-16-19-22-24-26-27-28-29-31-32-35-38-41-44-47-50-56(59)62-53-54(52-61-55(58)49-46-43-40-37-34-21-18-15-12-9-6-3)63-57(60)51-48-45-42-39-36-33-30-25-23-20-17-14-11-8-5-2/h8,11,14-15,17-18,20,23,27-28,54H,4-7,9-10,12-13,16,19,21-22,24-26,29-53H2,1-3H3/b11-8-,17-14-,18-15-,23-20-,28-27-. The summed E-state index contributed by atoms with van der Waals surface area (Å²) in [6.45, 7) is 6.46. The second kappa shape index (κ2) is 51.7. The van der Waals surface area contributed by atoms with Gasteiger partial charge in [0, 0.05) is 19.3 Å². The number of carbonyl (C=O) groups is 3. The molecule has 0 saturated carbocycles. The molecule has 0 aromatic rings. The second-order valence-electron chi connectivity index (χ2n) is 17.8. The summed E-state index contributed by atoms with van der Waals surface area (Å²) >= 11 is 0. The summed E-state index contributed by atoms with van der Waals surface area (Å²) in [7, 11) is 0. The zero-order chi connectivity index (χ0) is 45.8. The summed E-state index contributed by atoms with van der Waals surface area (Å²) in [6, 6.07) is 0. The number of allylic oxidation sites excluding steroid dienone is 10. The molecule has 1 atom stereocenters. The van der Waals surface area contributed by atoms with E-state index in [1.54, 1.807) is 0 Å². The maximum Gasteiger partial charge on any atom is 0.306 e. The second-order valence-corrected chi connectivity index (χ2v) is 17.8. The predicted octanol–water partition coefficient (Wildman–Crippen LogP) is 17.6. The van der Waals surface area contributed by atoms with Crippen LogP contribution < -0.4 is 0 Å². The molecule has 63 heavy (non-hydrogen) atoms. The molecule has 0 bridgehead atoms. The molecule has 6 nitrogen and oxygen atoms in total. The lowest BCUT2D eigenvalue weighted by molar-refractivity contribution is -0.167. The Balaban J connectivity index is 4.35. The number of ether oxygens (including phenoxy) is 3. The summed E-state index contributed by atoms with van der Waals surface area (Å²) in [5.41, 5.74) is 0. The molecule has 0 radical (unpaired) electrons. The first-order chi connectivity index (χ1) is 31.0. The minimum atomic E-state index is -0.784. The van der Waals surface area contributed by atoms with Gasteiger partial charge in [0.25, 0.3) is 0 Å². The average Bonchev–Trinajstić information content (AvgIpc) is 3.28. The molecular weight excluding hydrogens is 781 g/mol. The third-order valence-corrected chi connectivity index (χ3v) is 11.5. The van der Waals surface area contributed by atoms with Crippen LogP contribution in [0.4, 0.5) is 0 Å². The van der Waals surface area contributed by atoms with Crippen molar-refractivity contribution >= 4 is 17.9 Å². The Kier molecular flexibility index (Phi) is 49.4. The van der Waals surface area contributed by atoms with Crippen LogP contribution in [0.3, 0.4) is 0 Å². The number of esters is 3. The van der Waals surface area contributed by atoms with Crippen molar-refractivity contribution in [3.8, 4) is 0 Å². The predicted molar refractivity (Wildman–Crippen MR) is 270 cm³/mol. The van der Waals surface area contributed by atoms with Crippen molar-refractivity contribution in [3.05, 3.63) is 60.8 Å². The van der Waals surface area contributed by atoms with Gasteiger partial charge >= 0.3 is 17.9 Å². The Morgan fingerprint density at radius 2 is 0.651 bits per heavy atom. The van der Waals surface area contributed by atoms with E-state index in [4.69, 9.17) is 14.2 Å². The van der Waals surface area contributed by atoms with E-state index in [0.29, 0.717) is 19.3 Å². The fourth-order valence-electron chi connectivity index (χ4n) is 7.48. The lowest BCUT2D eigenvalue weighted by atomic mass is 10.1. The van der Waals surface area contributed by atoms with Crippen molar-refractivity contribution < 1.29 is 28.6 Å². The number of unbranched alkanes of at least 4 members (excludes halogenated alkanes) is 29. The third-order valence-electron chi connectivity index (χ3n) is 11.5. The number of hydrogen-bond donors (Lipinski definition) is 0. The van der Waals surface area contributed by atoms with Gasteiger partial charge in [-0.2, -0.15) is 0 Å². The summed E-state index contributed by atoms with van der Waals surface area (Å²) in [6.07, 6.45) is 63.5. The van der Waals surface area contributed by atoms with Gasteiger partial charge in [-0.25, -0.2) is 0 Å². The Bertz CT molecular complexity index is 1150. The van der Waals surface area contributed by atoms with Crippen molar-refractivity contribution in [2.75, 3.05) is 13.2 Å². The van der Waals surface area contributed by atoms with Gasteiger partial charge in [0.05, 0.1) is 0 Å². The molecule has 0 N–H and O–H groups in total. The van der Waals surface area contributed by atoms with Crippen molar-refractivity contribution in [2.24, 2.45) is 0 Å². The fraction of sp³-hybridized carbons (Fsp3) is 0.772. The van der Waals surface area contributed by atoms with Crippen LogP contribution in [0.2, 0.25) is 0 Å². The first kappa shape index (κ1) is 60.1. The molecule has 0 aromatic carbocycles. The summed E-state index contributed by atoms with van der Waals surface area (Å²) in [4.78, 5) is 38.0. The summed E-state index contributed by atoms with van der Waals surface area (Å²) < 4.78 is 16.8. The zero-order valence-corrected chi connectivity index (χ0v) is 41.6. The monoisotopic (exact) mass is 881 g/mol. The Labute approximate surface area is 390 Å². The van der Waals surface area contributed by atoms with E-state index in [1.165, 1.54) is 148 Å². The van der Waals surface area contributed by atoms with Crippen molar-refractivity contribution in [2.45, 2.75) is 271 Å². The van der Waals surface area contributed by atoms with Crippen LogP contribution in [0.5, 0.6) is 0 Å². The highest BCUT2D eigenvalue weighted by molar-refractivity contribution is 5.71. The average molecular weight is 881 g/mol. The number of rotatable bonds is 48. The van der Waals surface area contributed by atoms with E-state index in [9.17, 15) is 14.4 Å². The first-order valence-corrected chi connectivity index (χ1v) is 26.8. The molecule has 0 saturated heterocycles. The lowest BCUT2D eigenvalue weighted by Crippen LogP contribution is -2.30. The van der Waals surface area contributed by atoms with Gasteiger partial charge < -0.3 is 14.2 Å². The molecule has 0 aliphatic rings. The molecule has 0 aliphatic heterocycles. The third kappa shape index (κ3) is 50.0. The Morgan fingerprint density at radius 3 is 1.05 bits per heavy atom. The highest BCUT2D eigenvalue weighted by atomic mass is 16.6. The molecule has 0 heterocycles. The Morgan fingerprint density at radius 1 is 0.333 bits per heavy atom. The molecule has 0 rings (SSSR count). The van der Waals surface area contributed by atoms with Crippen LogP contribution in [0, 0.1) is 0 Å².